The van der Waals surface area contributed by atoms with Gasteiger partial charge in [0, 0.05) is 12.6 Å². The molecule has 0 saturated carbocycles. The third kappa shape index (κ3) is 4.22. The molecule has 0 spiro atoms. The van der Waals surface area contributed by atoms with Gasteiger partial charge >= 0.3 is 12.0 Å². The van der Waals surface area contributed by atoms with Crippen LogP contribution in [0.4, 0.5) is 4.79 Å². The number of hydrogen-bond acceptors (Lipinski definition) is 4. The van der Waals surface area contributed by atoms with Gasteiger partial charge in [0.2, 0.25) is 5.76 Å². The molecular formula is C14H21N3O4. The van der Waals surface area contributed by atoms with Crippen LogP contribution < -0.4 is 10.6 Å². The Bertz CT molecular complexity index is 500. The average Bonchev–Trinajstić information content (AvgIpc) is 3.11. The van der Waals surface area contributed by atoms with Crippen LogP contribution in [0.2, 0.25) is 0 Å². The van der Waals surface area contributed by atoms with Crippen LogP contribution in [0.15, 0.2) is 16.5 Å². The van der Waals surface area contributed by atoms with E-state index in [-0.39, 0.29) is 18.3 Å². The Morgan fingerprint density at radius 3 is 2.90 bits per heavy atom. The third-order valence-electron chi connectivity index (χ3n) is 3.70. The summed E-state index contributed by atoms with van der Waals surface area (Å²) in [6, 6.07) is 3.04. The number of amides is 2. The minimum absolute atomic E-state index is 0.128. The lowest BCUT2D eigenvalue weighted by Crippen LogP contribution is -2.43. The highest BCUT2D eigenvalue weighted by Crippen LogP contribution is 2.15. The minimum Gasteiger partial charge on any atom is -0.475 e. The molecule has 2 heterocycles. The van der Waals surface area contributed by atoms with Gasteiger partial charge in [-0.05, 0) is 38.1 Å². The number of carbonyl (C=O) groups is 2. The Morgan fingerprint density at radius 1 is 1.43 bits per heavy atom. The van der Waals surface area contributed by atoms with E-state index < -0.39 is 5.97 Å². The van der Waals surface area contributed by atoms with E-state index in [9.17, 15) is 9.59 Å². The molecule has 0 radical (unpaired) electrons. The highest BCUT2D eigenvalue weighted by atomic mass is 16.4. The van der Waals surface area contributed by atoms with Crippen LogP contribution in [-0.2, 0) is 6.54 Å². The van der Waals surface area contributed by atoms with Gasteiger partial charge in [-0.2, -0.15) is 0 Å². The Balaban J connectivity index is 1.70. The summed E-state index contributed by atoms with van der Waals surface area (Å²) in [5.74, 6) is -0.832. The lowest BCUT2D eigenvalue weighted by molar-refractivity contribution is 0.0660. The molecule has 1 saturated heterocycles. The fourth-order valence-electron chi connectivity index (χ4n) is 2.57. The summed E-state index contributed by atoms with van der Waals surface area (Å²) < 4.78 is 5.06. The van der Waals surface area contributed by atoms with E-state index in [2.05, 4.69) is 22.5 Å². The summed E-state index contributed by atoms with van der Waals surface area (Å²) >= 11 is 0. The van der Waals surface area contributed by atoms with Crippen molar-refractivity contribution in [2.75, 3.05) is 19.6 Å². The van der Waals surface area contributed by atoms with Crippen molar-refractivity contribution >= 4 is 12.0 Å². The van der Waals surface area contributed by atoms with Crippen molar-refractivity contribution in [2.24, 2.45) is 0 Å². The number of likely N-dealkylation sites (N-methyl/N-ethyl adjacent to an activating group) is 1. The number of carboxylic acids is 1. The monoisotopic (exact) mass is 295 g/mol. The second-order valence-electron chi connectivity index (χ2n) is 5.06. The van der Waals surface area contributed by atoms with Crippen molar-refractivity contribution < 1.29 is 19.1 Å². The molecule has 1 aliphatic rings. The van der Waals surface area contributed by atoms with Crippen molar-refractivity contribution in [1.29, 1.82) is 0 Å². The first-order chi connectivity index (χ1) is 10.1. The molecule has 7 heteroatoms. The number of furan rings is 1. The first-order valence-corrected chi connectivity index (χ1v) is 7.18. The van der Waals surface area contributed by atoms with Crippen LogP contribution in [0.3, 0.4) is 0 Å². The fourth-order valence-corrected chi connectivity index (χ4v) is 2.57. The van der Waals surface area contributed by atoms with Crippen LogP contribution in [0.1, 0.15) is 36.1 Å². The van der Waals surface area contributed by atoms with Gasteiger partial charge < -0.3 is 20.2 Å². The van der Waals surface area contributed by atoms with E-state index in [0.29, 0.717) is 18.3 Å². The maximum atomic E-state index is 11.7. The molecule has 1 aliphatic heterocycles. The van der Waals surface area contributed by atoms with E-state index in [0.717, 1.165) is 19.5 Å². The molecular weight excluding hydrogens is 274 g/mol. The van der Waals surface area contributed by atoms with Crippen molar-refractivity contribution in [3.8, 4) is 0 Å². The Labute approximate surface area is 123 Å². The minimum atomic E-state index is -1.12. The van der Waals surface area contributed by atoms with E-state index in [1.807, 2.05) is 0 Å². The number of hydrogen-bond donors (Lipinski definition) is 3. The lowest BCUT2D eigenvalue weighted by Gasteiger charge is -2.22. The van der Waals surface area contributed by atoms with Gasteiger partial charge in [0.25, 0.3) is 0 Å². The number of rotatable bonds is 6. The highest BCUT2D eigenvalue weighted by molar-refractivity contribution is 5.84. The first kappa shape index (κ1) is 15.4. The van der Waals surface area contributed by atoms with Gasteiger partial charge in [0.15, 0.2) is 0 Å². The lowest BCUT2D eigenvalue weighted by atomic mass is 10.2. The van der Waals surface area contributed by atoms with Gasteiger partial charge in [0.1, 0.15) is 5.76 Å². The number of nitrogens with one attached hydrogen (secondary N) is 2. The smallest absolute Gasteiger partial charge is 0.371 e. The standard InChI is InChI=1S/C14H21N3O4/c1-2-17-7-3-4-10(17)8-15-14(20)16-9-11-5-6-12(21-11)13(18)19/h5-6,10H,2-4,7-9H2,1H3,(H,18,19)(H2,15,16,20). The van der Waals surface area contributed by atoms with Crippen molar-refractivity contribution in [1.82, 2.24) is 15.5 Å². The molecule has 1 unspecified atom stereocenters. The molecule has 7 nitrogen and oxygen atoms in total. The zero-order valence-electron chi connectivity index (χ0n) is 12.1. The summed E-state index contributed by atoms with van der Waals surface area (Å²) in [5, 5.41) is 14.2. The Kier molecular flexibility index (Phi) is 5.21. The second kappa shape index (κ2) is 7.12. The quantitative estimate of drug-likeness (QED) is 0.734. The average molecular weight is 295 g/mol. The maximum Gasteiger partial charge on any atom is 0.371 e. The van der Waals surface area contributed by atoms with Crippen LogP contribution >= 0.6 is 0 Å². The van der Waals surface area contributed by atoms with E-state index in [1.165, 1.54) is 12.5 Å². The summed E-state index contributed by atoms with van der Waals surface area (Å²) in [4.78, 5) is 24.7. The van der Waals surface area contributed by atoms with Crippen LogP contribution in [0, 0.1) is 0 Å². The fraction of sp³-hybridized carbons (Fsp3) is 0.571. The molecule has 2 rings (SSSR count). The molecule has 0 bridgehead atoms. The van der Waals surface area contributed by atoms with Crippen LogP contribution in [0.5, 0.6) is 0 Å². The summed E-state index contributed by atoms with van der Waals surface area (Å²) in [7, 11) is 0. The number of likely N-dealkylation sites (tertiary alicyclic amines) is 1. The SMILES string of the molecule is CCN1CCCC1CNC(=O)NCc1ccc(C(=O)O)o1. The van der Waals surface area contributed by atoms with Gasteiger partial charge in [-0.3, -0.25) is 4.90 Å². The van der Waals surface area contributed by atoms with Crippen LogP contribution in [0.25, 0.3) is 0 Å². The molecule has 3 N–H and O–H groups in total. The van der Waals surface area contributed by atoms with Gasteiger partial charge in [0.05, 0.1) is 6.54 Å². The van der Waals surface area contributed by atoms with E-state index >= 15 is 0 Å². The zero-order chi connectivity index (χ0) is 15.2. The zero-order valence-corrected chi connectivity index (χ0v) is 12.1. The molecule has 1 aromatic rings. The number of urea groups is 1. The molecule has 116 valence electrons. The third-order valence-corrected chi connectivity index (χ3v) is 3.70. The molecule has 0 aliphatic carbocycles. The van der Waals surface area contributed by atoms with Crippen LogP contribution in [-0.4, -0.2) is 47.7 Å². The highest BCUT2D eigenvalue weighted by Gasteiger charge is 2.23. The normalized spacial score (nSPS) is 18.6. The molecule has 1 fully saturated rings. The number of nitrogens with zero attached hydrogens (tertiary/aromatic N) is 1. The molecule has 1 aromatic heterocycles. The maximum absolute atomic E-state index is 11.7. The number of carboxylic acid groups (broad SMARTS) is 1. The second-order valence-corrected chi connectivity index (χ2v) is 5.06. The Hall–Kier alpha value is -2.02. The summed E-state index contributed by atoms with van der Waals surface area (Å²) in [6.07, 6.45) is 2.28. The van der Waals surface area contributed by atoms with Crippen molar-refractivity contribution in [2.45, 2.75) is 32.4 Å². The molecule has 0 aromatic carbocycles. The number of carbonyl (C=O) groups excluding carboxylic acids is 1. The molecule has 1 atom stereocenters. The van der Waals surface area contributed by atoms with E-state index in [1.54, 1.807) is 6.07 Å². The Morgan fingerprint density at radius 2 is 2.24 bits per heavy atom. The topological polar surface area (TPSA) is 94.8 Å². The largest absolute Gasteiger partial charge is 0.475 e. The predicted molar refractivity (Wildman–Crippen MR) is 76.2 cm³/mol. The van der Waals surface area contributed by atoms with Gasteiger partial charge in [-0.1, -0.05) is 6.92 Å². The molecule has 21 heavy (non-hydrogen) atoms. The number of aromatic carboxylic acids is 1. The molecule has 2 amide bonds. The van der Waals surface area contributed by atoms with Gasteiger partial charge in [-0.25, -0.2) is 9.59 Å². The predicted octanol–water partition coefficient (Wildman–Crippen LogP) is 1.26. The summed E-state index contributed by atoms with van der Waals surface area (Å²) in [6.45, 7) is 5.00. The van der Waals surface area contributed by atoms with Crippen molar-refractivity contribution in [3.05, 3.63) is 23.7 Å². The summed E-state index contributed by atoms with van der Waals surface area (Å²) in [5.41, 5.74) is 0. The van der Waals surface area contributed by atoms with E-state index in [4.69, 9.17) is 9.52 Å². The van der Waals surface area contributed by atoms with Gasteiger partial charge in [-0.15, -0.1) is 0 Å². The first-order valence-electron chi connectivity index (χ1n) is 7.18. The van der Waals surface area contributed by atoms with Crippen molar-refractivity contribution in [3.63, 3.8) is 0 Å².